The van der Waals surface area contributed by atoms with Crippen LogP contribution < -0.4 is 14.9 Å². The van der Waals surface area contributed by atoms with Crippen LogP contribution in [0.3, 0.4) is 0 Å². The molecular weight excluding hydrogens is 435 g/mol. The zero-order valence-electron chi connectivity index (χ0n) is 16.9. The Hall–Kier alpha value is -2.95. The van der Waals surface area contributed by atoms with Crippen molar-refractivity contribution in [2.24, 2.45) is 0 Å². The van der Waals surface area contributed by atoms with Gasteiger partial charge in [-0.25, -0.2) is 0 Å². The number of hydrogen-bond acceptors (Lipinski definition) is 4. The second-order valence-electron chi connectivity index (χ2n) is 7.10. The lowest BCUT2D eigenvalue weighted by molar-refractivity contribution is 0.244. The molecule has 4 rings (SSSR count). The summed E-state index contributed by atoms with van der Waals surface area (Å²) in [5.41, 5.74) is 2.04. The van der Waals surface area contributed by atoms with E-state index in [1.807, 2.05) is 31.2 Å². The van der Waals surface area contributed by atoms with Crippen molar-refractivity contribution in [1.29, 1.82) is 0 Å². The molecule has 6 heteroatoms. The summed E-state index contributed by atoms with van der Waals surface area (Å²) in [5, 5.41) is 1.42. The minimum atomic E-state index is -0.270. The van der Waals surface area contributed by atoms with Crippen LogP contribution in [0.4, 0.5) is 0 Å². The topological polar surface area (TPSA) is 48.7 Å². The molecule has 0 radical (unpaired) electrons. The van der Waals surface area contributed by atoms with Crippen LogP contribution in [-0.4, -0.2) is 13.2 Å². The van der Waals surface area contributed by atoms with Crippen molar-refractivity contribution < 1.29 is 13.9 Å². The Bertz CT molecular complexity index is 1250. The van der Waals surface area contributed by atoms with Crippen LogP contribution in [0, 0.1) is 6.92 Å². The molecule has 158 valence electrons. The Morgan fingerprint density at radius 3 is 2.26 bits per heavy atom. The number of aryl methyl sites for hydroxylation is 1. The molecular formula is C25H20Cl2O4. The van der Waals surface area contributed by atoms with Crippen LogP contribution in [0.2, 0.25) is 10.0 Å². The van der Waals surface area contributed by atoms with Crippen molar-refractivity contribution in [3.8, 4) is 22.8 Å². The molecule has 0 spiro atoms. The molecule has 31 heavy (non-hydrogen) atoms. The highest BCUT2D eigenvalue weighted by Gasteiger charge is 2.18. The van der Waals surface area contributed by atoms with Crippen LogP contribution in [-0.2, 0) is 0 Å². The maximum Gasteiger partial charge on any atom is 0.235 e. The first-order valence-corrected chi connectivity index (χ1v) is 10.6. The highest BCUT2D eigenvalue weighted by Crippen LogP contribution is 2.32. The molecule has 0 saturated carbocycles. The average Bonchev–Trinajstić information content (AvgIpc) is 2.77. The van der Waals surface area contributed by atoms with Gasteiger partial charge in [-0.2, -0.15) is 0 Å². The average molecular weight is 455 g/mol. The van der Waals surface area contributed by atoms with E-state index in [-0.39, 0.29) is 11.2 Å². The predicted molar refractivity (Wildman–Crippen MR) is 125 cm³/mol. The van der Waals surface area contributed by atoms with Gasteiger partial charge in [0.25, 0.3) is 0 Å². The Kier molecular flexibility index (Phi) is 6.50. The van der Waals surface area contributed by atoms with Crippen molar-refractivity contribution in [3.05, 3.63) is 92.6 Å². The fraction of sp³-hybridized carbons (Fsp3) is 0.160. The Morgan fingerprint density at radius 1 is 0.839 bits per heavy atom. The van der Waals surface area contributed by atoms with Crippen molar-refractivity contribution in [2.75, 3.05) is 13.2 Å². The van der Waals surface area contributed by atoms with Gasteiger partial charge in [0.15, 0.2) is 5.76 Å². The van der Waals surface area contributed by atoms with Gasteiger partial charge in [0.1, 0.15) is 11.3 Å². The van der Waals surface area contributed by atoms with Crippen LogP contribution in [0.15, 0.2) is 75.9 Å². The van der Waals surface area contributed by atoms with Gasteiger partial charge < -0.3 is 13.9 Å². The van der Waals surface area contributed by atoms with Crippen LogP contribution in [0.1, 0.15) is 12.0 Å². The van der Waals surface area contributed by atoms with Crippen molar-refractivity contribution in [1.82, 2.24) is 0 Å². The quantitative estimate of drug-likeness (QED) is 0.284. The number of fused-ring (bicyclic) bond motifs is 1. The summed E-state index contributed by atoms with van der Waals surface area (Å²) in [6.45, 7) is 2.78. The van der Waals surface area contributed by atoms with E-state index in [0.29, 0.717) is 52.0 Å². The van der Waals surface area contributed by atoms with E-state index in [1.54, 1.807) is 42.5 Å². The van der Waals surface area contributed by atoms with Gasteiger partial charge in [-0.3, -0.25) is 4.79 Å². The van der Waals surface area contributed by atoms with E-state index in [1.165, 1.54) is 5.56 Å². The van der Waals surface area contributed by atoms with E-state index in [0.717, 1.165) is 5.75 Å². The lowest BCUT2D eigenvalue weighted by Gasteiger charge is -2.12. The second kappa shape index (κ2) is 9.46. The first-order valence-electron chi connectivity index (χ1n) is 9.86. The summed E-state index contributed by atoms with van der Waals surface area (Å²) in [6.07, 6.45) is 0.598. The van der Waals surface area contributed by atoms with Gasteiger partial charge in [0.2, 0.25) is 11.2 Å². The molecule has 0 N–H and O–H groups in total. The van der Waals surface area contributed by atoms with E-state index < -0.39 is 0 Å². The molecule has 4 aromatic rings. The lowest BCUT2D eigenvalue weighted by atomic mass is 10.1. The second-order valence-corrected chi connectivity index (χ2v) is 7.97. The van der Waals surface area contributed by atoms with Crippen LogP contribution >= 0.6 is 23.2 Å². The van der Waals surface area contributed by atoms with Crippen molar-refractivity contribution in [3.63, 3.8) is 0 Å². The van der Waals surface area contributed by atoms with E-state index >= 15 is 0 Å². The summed E-state index contributed by atoms with van der Waals surface area (Å²) in [5.74, 6) is 1.30. The van der Waals surface area contributed by atoms with E-state index in [9.17, 15) is 4.79 Å². The van der Waals surface area contributed by atoms with Gasteiger partial charge in [-0.15, -0.1) is 0 Å². The monoisotopic (exact) mass is 454 g/mol. The standard InChI is InChI=1S/C25H20Cl2O4/c1-16-3-10-20(11-4-16)29-13-2-14-30-25-23(28)21-15-19(27)9-12-22(21)31-24(25)17-5-7-18(26)8-6-17/h3-12,15H,2,13-14H2,1H3. The molecule has 0 atom stereocenters. The van der Waals surface area contributed by atoms with Gasteiger partial charge in [-0.05, 0) is 61.5 Å². The molecule has 0 aliphatic rings. The molecule has 0 fully saturated rings. The summed E-state index contributed by atoms with van der Waals surface area (Å²) in [4.78, 5) is 13.2. The van der Waals surface area contributed by atoms with Crippen LogP contribution in [0.25, 0.3) is 22.3 Å². The zero-order valence-corrected chi connectivity index (χ0v) is 18.4. The number of rotatable bonds is 7. The van der Waals surface area contributed by atoms with Gasteiger partial charge >= 0.3 is 0 Å². The minimum absolute atomic E-state index is 0.146. The molecule has 0 aliphatic heterocycles. The predicted octanol–water partition coefficient (Wildman–Crippen LogP) is 6.92. The third-order valence-electron chi connectivity index (χ3n) is 4.74. The van der Waals surface area contributed by atoms with Gasteiger partial charge in [0, 0.05) is 22.0 Å². The summed E-state index contributed by atoms with van der Waals surface area (Å²) in [6, 6.07) is 19.8. The molecule has 0 saturated heterocycles. The van der Waals surface area contributed by atoms with Gasteiger partial charge in [0.05, 0.1) is 18.6 Å². The molecule has 0 amide bonds. The summed E-state index contributed by atoms with van der Waals surface area (Å²) < 4.78 is 17.7. The molecule has 0 bridgehead atoms. The lowest BCUT2D eigenvalue weighted by Crippen LogP contribution is -2.13. The summed E-state index contributed by atoms with van der Waals surface area (Å²) in [7, 11) is 0. The molecule has 4 nitrogen and oxygen atoms in total. The molecule has 0 unspecified atom stereocenters. The number of halogens is 2. The first kappa shape index (κ1) is 21.3. The Labute approximate surface area is 189 Å². The van der Waals surface area contributed by atoms with Crippen LogP contribution in [0.5, 0.6) is 11.5 Å². The van der Waals surface area contributed by atoms with Gasteiger partial charge in [-0.1, -0.05) is 40.9 Å². The smallest absolute Gasteiger partial charge is 0.235 e. The largest absolute Gasteiger partial charge is 0.493 e. The maximum atomic E-state index is 13.2. The third kappa shape index (κ3) is 5.04. The van der Waals surface area contributed by atoms with Crippen molar-refractivity contribution >= 4 is 34.2 Å². The fourth-order valence-corrected chi connectivity index (χ4v) is 3.43. The third-order valence-corrected chi connectivity index (χ3v) is 5.23. The minimum Gasteiger partial charge on any atom is -0.493 e. The highest BCUT2D eigenvalue weighted by molar-refractivity contribution is 6.31. The van der Waals surface area contributed by atoms with E-state index in [2.05, 4.69) is 0 Å². The Morgan fingerprint density at radius 2 is 1.52 bits per heavy atom. The number of ether oxygens (including phenoxy) is 2. The molecule has 3 aromatic carbocycles. The van der Waals surface area contributed by atoms with Crippen molar-refractivity contribution in [2.45, 2.75) is 13.3 Å². The fourth-order valence-electron chi connectivity index (χ4n) is 3.13. The highest BCUT2D eigenvalue weighted by atomic mass is 35.5. The SMILES string of the molecule is Cc1ccc(OCCCOc2c(-c3ccc(Cl)cc3)oc3ccc(Cl)cc3c2=O)cc1. The zero-order chi connectivity index (χ0) is 21.8. The maximum absolute atomic E-state index is 13.2. The number of benzene rings is 3. The normalized spacial score (nSPS) is 10.9. The first-order chi connectivity index (χ1) is 15.0. The van der Waals surface area contributed by atoms with E-state index in [4.69, 9.17) is 37.1 Å². The Balaban J connectivity index is 1.56. The molecule has 1 aromatic heterocycles. The molecule has 1 heterocycles. The molecule has 0 aliphatic carbocycles. The number of hydrogen-bond donors (Lipinski definition) is 0. The summed E-state index contributed by atoms with van der Waals surface area (Å²) >= 11 is 12.1.